The number of aryl methyl sites for hydroxylation is 1. The first kappa shape index (κ1) is 23.5. The summed E-state index contributed by atoms with van der Waals surface area (Å²) in [5, 5.41) is 5.31. The molecule has 182 valence electrons. The van der Waals surface area contributed by atoms with Crippen LogP contribution in [0.2, 0.25) is 0 Å². The highest BCUT2D eigenvalue weighted by Crippen LogP contribution is 2.38. The lowest BCUT2D eigenvalue weighted by atomic mass is 9.81. The zero-order chi connectivity index (χ0) is 24.5. The summed E-state index contributed by atoms with van der Waals surface area (Å²) in [6.07, 6.45) is 3.64. The van der Waals surface area contributed by atoms with Crippen LogP contribution < -0.4 is 5.32 Å². The molecule has 5 rings (SSSR count). The molecule has 0 spiro atoms. The standard InChI is InChI=1S/C27H30N4O3S/c1-17-14-22(18(2)31(17)15-19-8-4-3-5-9-19)23-16-35-27(28-23)29-24(32)12-13-30-25(33)20-10-6-7-11-21(20)26(30)34/h3-5,8-9,14,16,20-21H,6-7,10-13,15H2,1-2H3,(H,28,29,32)/t20-,21-/m0/s1. The van der Waals surface area contributed by atoms with Gasteiger partial charge in [0.05, 0.1) is 17.5 Å². The van der Waals surface area contributed by atoms with Crippen LogP contribution in [-0.2, 0) is 20.9 Å². The number of imide groups is 1. The van der Waals surface area contributed by atoms with Crippen LogP contribution in [0, 0.1) is 25.7 Å². The second kappa shape index (κ2) is 9.77. The van der Waals surface area contributed by atoms with E-state index in [1.165, 1.54) is 21.8 Å². The van der Waals surface area contributed by atoms with Gasteiger partial charge < -0.3 is 9.88 Å². The minimum atomic E-state index is -0.240. The number of benzene rings is 1. The number of thiazole rings is 1. The summed E-state index contributed by atoms with van der Waals surface area (Å²) in [6, 6.07) is 12.5. The van der Waals surface area contributed by atoms with Crippen molar-refractivity contribution in [2.45, 2.75) is 52.5 Å². The van der Waals surface area contributed by atoms with Gasteiger partial charge in [-0.1, -0.05) is 43.2 Å². The molecule has 0 radical (unpaired) electrons. The van der Waals surface area contributed by atoms with Gasteiger partial charge in [0.1, 0.15) is 0 Å². The summed E-state index contributed by atoms with van der Waals surface area (Å²) in [5.41, 5.74) is 5.39. The van der Waals surface area contributed by atoms with Crippen molar-refractivity contribution in [2.75, 3.05) is 11.9 Å². The van der Waals surface area contributed by atoms with Crippen molar-refractivity contribution in [1.82, 2.24) is 14.5 Å². The zero-order valence-electron chi connectivity index (χ0n) is 20.1. The maximum Gasteiger partial charge on any atom is 0.233 e. The van der Waals surface area contributed by atoms with Crippen molar-refractivity contribution in [1.29, 1.82) is 0 Å². The Bertz CT molecular complexity index is 1240. The van der Waals surface area contributed by atoms with Crippen molar-refractivity contribution in [3.63, 3.8) is 0 Å². The Kier molecular flexibility index (Phi) is 6.56. The number of rotatable bonds is 7. The molecule has 1 aliphatic carbocycles. The quantitative estimate of drug-likeness (QED) is 0.483. The van der Waals surface area contributed by atoms with Crippen LogP contribution in [0.25, 0.3) is 11.3 Å². The second-order valence-corrected chi connectivity index (χ2v) is 10.4. The number of nitrogens with one attached hydrogen (secondary N) is 1. The minimum absolute atomic E-state index is 0.0808. The van der Waals surface area contributed by atoms with E-state index in [4.69, 9.17) is 0 Å². The summed E-state index contributed by atoms with van der Waals surface area (Å²) in [5.74, 6) is -0.802. The van der Waals surface area contributed by atoms with E-state index < -0.39 is 0 Å². The summed E-state index contributed by atoms with van der Waals surface area (Å²) in [4.78, 5) is 43.7. The van der Waals surface area contributed by atoms with Gasteiger partial charge in [0.15, 0.2) is 5.13 Å². The van der Waals surface area contributed by atoms with Gasteiger partial charge in [0.25, 0.3) is 0 Å². The molecule has 1 aromatic carbocycles. The Morgan fingerprint density at radius 2 is 1.77 bits per heavy atom. The first-order chi connectivity index (χ1) is 16.9. The van der Waals surface area contributed by atoms with Crippen molar-refractivity contribution >= 4 is 34.2 Å². The number of hydrogen-bond acceptors (Lipinski definition) is 5. The Morgan fingerprint density at radius 1 is 1.09 bits per heavy atom. The van der Waals surface area contributed by atoms with E-state index in [-0.39, 0.29) is 42.5 Å². The summed E-state index contributed by atoms with van der Waals surface area (Å²) in [6.45, 7) is 5.10. The van der Waals surface area contributed by atoms with Gasteiger partial charge in [-0.05, 0) is 38.3 Å². The average Bonchev–Trinajstić information content (AvgIpc) is 3.50. The predicted molar refractivity (Wildman–Crippen MR) is 136 cm³/mol. The molecule has 2 fully saturated rings. The maximum absolute atomic E-state index is 12.6. The lowest BCUT2D eigenvalue weighted by molar-refractivity contribution is -0.140. The number of nitrogens with zero attached hydrogens (tertiary/aromatic N) is 3. The van der Waals surface area contributed by atoms with Gasteiger partial charge >= 0.3 is 0 Å². The molecule has 2 aliphatic rings. The Labute approximate surface area is 209 Å². The average molecular weight is 491 g/mol. The number of carbonyl (C=O) groups excluding carboxylic acids is 3. The van der Waals surface area contributed by atoms with Crippen LogP contribution in [0.5, 0.6) is 0 Å². The van der Waals surface area contributed by atoms with E-state index >= 15 is 0 Å². The lowest BCUT2D eigenvalue weighted by Crippen LogP contribution is -2.34. The highest BCUT2D eigenvalue weighted by molar-refractivity contribution is 7.14. The van der Waals surface area contributed by atoms with Crippen LogP contribution >= 0.6 is 11.3 Å². The van der Waals surface area contributed by atoms with Crippen LogP contribution in [0.3, 0.4) is 0 Å². The molecule has 0 unspecified atom stereocenters. The fourth-order valence-electron chi connectivity index (χ4n) is 5.37. The number of hydrogen-bond donors (Lipinski definition) is 1. The van der Waals surface area contributed by atoms with E-state index in [1.54, 1.807) is 0 Å². The third-order valence-electron chi connectivity index (χ3n) is 7.28. The van der Waals surface area contributed by atoms with Gasteiger partial charge in [-0.15, -0.1) is 11.3 Å². The predicted octanol–water partition coefficient (Wildman–Crippen LogP) is 4.78. The monoisotopic (exact) mass is 490 g/mol. The highest BCUT2D eigenvalue weighted by Gasteiger charge is 2.47. The smallest absolute Gasteiger partial charge is 0.233 e. The number of carbonyl (C=O) groups is 3. The molecule has 3 heterocycles. The zero-order valence-corrected chi connectivity index (χ0v) is 20.9. The van der Waals surface area contributed by atoms with Crippen LogP contribution in [0.4, 0.5) is 5.13 Å². The van der Waals surface area contributed by atoms with E-state index in [9.17, 15) is 14.4 Å². The van der Waals surface area contributed by atoms with E-state index in [0.29, 0.717) is 5.13 Å². The highest BCUT2D eigenvalue weighted by atomic mass is 32.1. The molecule has 7 nitrogen and oxygen atoms in total. The third kappa shape index (κ3) is 4.67. The van der Waals surface area contributed by atoms with Crippen LogP contribution in [0.1, 0.15) is 49.1 Å². The fraction of sp³-hybridized carbons (Fsp3) is 0.407. The SMILES string of the molecule is Cc1cc(-c2csc(NC(=O)CCN3C(=O)[C@H]4CCCC[C@@H]4C3=O)n2)c(C)n1Cc1ccccc1. The molecule has 3 amide bonds. The molecular formula is C27H30N4O3S. The van der Waals surface area contributed by atoms with Crippen LogP contribution in [-0.4, -0.2) is 38.7 Å². The fourth-order valence-corrected chi connectivity index (χ4v) is 6.10. The molecule has 1 saturated heterocycles. The molecule has 0 bridgehead atoms. The molecule has 2 aromatic heterocycles. The van der Waals surface area contributed by atoms with Crippen molar-refractivity contribution in [2.24, 2.45) is 11.8 Å². The summed E-state index contributed by atoms with van der Waals surface area (Å²) in [7, 11) is 0. The number of amides is 3. The van der Waals surface area contributed by atoms with Gasteiger partial charge in [0, 0.05) is 41.8 Å². The van der Waals surface area contributed by atoms with Gasteiger partial charge in [-0.3, -0.25) is 19.3 Å². The molecule has 8 heteroatoms. The molecule has 2 atom stereocenters. The second-order valence-electron chi connectivity index (χ2n) is 9.52. The van der Waals surface area contributed by atoms with Crippen LogP contribution in [0.15, 0.2) is 41.8 Å². The van der Waals surface area contributed by atoms with Gasteiger partial charge in [-0.25, -0.2) is 4.98 Å². The number of fused-ring (bicyclic) bond motifs is 1. The lowest BCUT2D eigenvalue weighted by Gasteiger charge is -2.19. The number of likely N-dealkylation sites (tertiary alicyclic amines) is 1. The molecule has 1 saturated carbocycles. The van der Waals surface area contributed by atoms with E-state index in [1.807, 2.05) is 23.6 Å². The molecule has 3 aromatic rings. The Hall–Kier alpha value is -3.26. The number of aromatic nitrogens is 2. The summed E-state index contributed by atoms with van der Waals surface area (Å²) >= 11 is 1.38. The molecular weight excluding hydrogens is 460 g/mol. The van der Waals surface area contributed by atoms with Gasteiger partial charge in [0.2, 0.25) is 17.7 Å². The minimum Gasteiger partial charge on any atom is -0.344 e. The topological polar surface area (TPSA) is 84.3 Å². The van der Waals surface area contributed by atoms with Crippen molar-refractivity contribution in [3.05, 3.63) is 58.7 Å². The first-order valence-corrected chi connectivity index (χ1v) is 13.1. The Morgan fingerprint density at radius 3 is 2.46 bits per heavy atom. The Balaban J connectivity index is 1.21. The van der Waals surface area contributed by atoms with E-state index in [2.05, 4.69) is 46.9 Å². The number of anilines is 1. The molecule has 1 N–H and O–H groups in total. The maximum atomic E-state index is 12.6. The largest absolute Gasteiger partial charge is 0.344 e. The summed E-state index contributed by atoms with van der Waals surface area (Å²) < 4.78 is 2.27. The third-order valence-corrected chi connectivity index (χ3v) is 8.04. The van der Waals surface area contributed by atoms with E-state index in [0.717, 1.165) is 54.9 Å². The first-order valence-electron chi connectivity index (χ1n) is 12.2. The molecule has 35 heavy (non-hydrogen) atoms. The van der Waals surface area contributed by atoms with Crippen molar-refractivity contribution < 1.29 is 14.4 Å². The normalized spacial score (nSPS) is 19.8. The van der Waals surface area contributed by atoms with Crippen molar-refractivity contribution in [3.8, 4) is 11.3 Å². The van der Waals surface area contributed by atoms with Gasteiger partial charge in [-0.2, -0.15) is 0 Å². The molecule has 1 aliphatic heterocycles.